The van der Waals surface area contributed by atoms with Gasteiger partial charge < -0.3 is 95.5 Å². The van der Waals surface area contributed by atoms with Crippen molar-refractivity contribution >= 4 is 59.7 Å². The Morgan fingerprint density at radius 1 is 0.371 bits per heavy atom. The second-order valence-corrected chi connectivity index (χ2v) is 41.0. The minimum atomic E-state index is -2.30. The Morgan fingerprint density at radius 2 is 0.762 bits per heavy atom. The quantitative estimate of drug-likeness (QED) is 0.0190. The van der Waals surface area contributed by atoms with Crippen LogP contribution in [0.5, 0.6) is 0 Å². The second kappa shape index (κ2) is 43.4. The molecule has 8 fully saturated rings. The standard InChI is InChI=1S/C113H124O30/c1-66-86(131-67(2)114)90(93(132-68(3)115)104(130-66)142-89-85(117)79(116)63-128-103(89)135-84-54-55-110(8)82(109(84,6)7)53-56-112(10)83(110)52-51-77-78-61-108(4,5)57-59-113(78,60-58-111(77,112)9)107(125)129-62-69-35-19-11-20-36-69)143-106-95(140-102(124)76-49-33-18-34-50-76)92(138-100(122)74-45-29-16-30-46-74)88(81(134-106)65-127-97(119)71-39-23-13-24-40-71)141-105-94(139-101(123)75-47-31-17-32-48-75)91(137-99(121)73-43-27-15-28-44-73)87(136-98(120)72-41-25-14-26-42-72)80(133-105)64-126-96(118)70-37-21-12-22-38-70/h11-51,66,78-95,103-106,116-117H,52-65H2,1-10H3/t66-,78-,79-,80+,81+,82-,83+,84-,85-,86-,87+,88+,89+,90+,91-,92-,93+,94+,95+,103-,104-,105-,106-,110-,111+,112+,113-/m0/s1. The zero-order valence-corrected chi connectivity index (χ0v) is 81.7. The molecule has 8 aromatic rings. The van der Waals surface area contributed by atoms with Crippen LogP contribution in [0.3, 0.4) is 0 Å². The predicted molar refractivity (Wildman–Crippen MR) is 511 cm³/mol. The number of esters is 10. The Balaban J connectivity index is 0.734. The van der Waals surface area contributed by atoms with Gasteiger partial charge in [-0.3, -0.25) is 14.4 Å². The van der Waals surface area contributed by atoms with Crippen molar-refractivity contribution in [1.82, 2.24) is 0 Å². The fourth-order valence-electron chi connectivity index (χ4n) is 23.8. The molecule has 0 amide bonds. The van der Waals surface area contributed by atoms with E-state index in [0.29, 0.717) is 6.42 Å². The summed E-state index contributed by atoms with van der Waals surface area (Å²) in [5.41, 5.74) is 0.0117. The number of fused-ring (bicyclic) bond motifs is 7. The van der Waals surface area contributed by atoms with E-state index in [-0.39, 0.29) is 90.9 Å². The summed E-state index contributed by atoms with van der Waals surface area (Å²) in [5, 5.41) is 24.5. The van der Waals surface area contributed by atoms with Gasteiger partial charge in [0.1, 0.15) is 62.5 Å². The molecule has 27 atom stereocenters. The first-order valence-corrected chi connectivity index (χ1v) is 49.2. The number of allylic oxidation sites excluding steroid dienone is 2. The van der Waals surface area contributed by atoms with Gasteiger partial charge in [0.15, 0.2) is 67.9 Å². The van der Waals surface area contributed by atoms with Crippen LogP contribution in [0.25, 0.3) is 0 Å². The predicted octanol–water partition coefficient (Wildman–Crippen LogP) is 16.1. The lowest BCUT2D eigenvalue weighted by Crippen LogP contribution is -2.69. The van der Waals surface area contributed by atoms with Gasteiger partial charge in [0.2, 0.25) is 0 Å². The highest BCUT2D eigenvalue weighted by Crippen LogP contribution is 2.76. The minimum absolute atomic E-state index is 0.000248. The summed E-state index contributed by atoms with van der Waals surface area (Å²) in [6.07, 6.45) is -27.3. The third-order valence-electron chi connectivity index (χ3n) is 31.4. The van der Waals surface area contributed by atoms with Crippen molar-refractivity contribution in [1.29, 1.82) is 0 Å². The van der Waals surface area contributed by atoms with E-state index in [9.17, 15) is 39.0 Å². The number of carbonyl (C=O) groups excluding carboxylic acids is 10. The maximum Gasteiger partial charge on any atom is 0.338 e. The molecule has 0 radical (unpaired) electrons. The monoisotopic (exact) mass is 1960 g/mol. The van der Waals surface area contributed by atoms with Crippen molar-refractivity contribution in [2.45, 2.75) is 263 Å². The molecule has 756 valence electrons. The Kier molecular flexibility index (Phi) is 31.0. The number of carbonyl (C=O) groups is 10. The molecule has 17 rings (SSSR count). The molecule has 30 nitrogen and oxygen atoms in total. The molecule has 5 aliphatic carbocycles. The first kappa shape index (κ1) is 102. The highest BCUT2D eigenvalue weighted by atomic mass is 16.8. The van der Waals surface area contributed by atoms with Gasteiger partial charge in [-0.15, -0.1) is 0 Å². The maximum absolute atomic E-state index is 15.7. The largest absolute Gasteiger partial charge is 0.460 e. The second-order valence-electron chi connectivity index (χ2n) is 41.0. The molecule has 4 heterocycles. The van der Waals surface area contributed by atoms with Crippen molar-refractivity contribution in [3.8, 4) is 0 Å². The van der Waals surface area contributed by atoms with E-state index in [1.807, 2.05) is 30.3 Å². The number of aliphatic hydroxyl groups is 2. The molecular formula is C113H124O30. The molecule has 4 saturated heterocycles. The van der Waals surface area contributed by atoms with Crippen LogP contribution in [-0.4, -0.2) is 213 Å². The summed E-state index contributed by atoms with van der Waals surface area (Å²) in [6.45, 7) is 18.0. The molecule has 0 aromatic heterocycles. The molecule has 8 aromatic carbocycles. The number of hydrogen-bond donors (Lipinski definition) is 2. The number of hydrogen-bond acceptors (Lipinski definition) is 30. The lowest BCUT2D eigenvalue weighted by molar-refractivity contribution is -0.389. The summed E-state index contributed by atoms with van der Waals surface area (Å²) < 4.78 is 120. The van der Waals surface area contributed by atoms with Crippen LogP contribution in [0.15, 0.2) is 254 Å². The van der Waals surface area contributed by atoms with Crippen LogP contribution < -0.4 is 0 Å². The van der Waals surface area contributed by atoms with Gasteiger partial charge in [-0.2, -0.15) is 0 Å². The molecule has 0 unspecified atom stereocenters. The Bertz CT molecular complexity index is 5840. The van der Waals surface area contributed by atoms with E-state index < -0.39 is 207 Å². The fourth-order valence-corrected chi connectivity index (χ4v) is 23.8. The summed E-state index contributed by atoms with van der Waals surface area (Å²) in [6, 6.07) is 63.0. The average molecular weight is 1960 g/mol. The summed E-state index contributed by atoms with van der Waals surface area (Å²) in [4.78, 5) is 149. The van der Waals surface area contributed by atoms with Gasteiger partial charge in [0.25, 0.3) is 0 Å². The molecule has 4 aliphatic heterocycles. The van der Waals surface area contributed by atoms with Gasteiger partial charge in [0.05, 0.1) is 63.2 Å². The van der Waals surface area contributed by atoms with Crippen molar-refractivity contribution in [2.24, 2.45) is 50.2 Å². The Morgan fingerprint density at radius 3 is 1.23 bits per heavy atom. The van der Waals surface area contributed by atoms with Crippen LogP contribution in [0, 0.1) is 50.2 Å². The highest BCUT2D eigenvalue weighted by molar-refractivity contribution is 5.93. The van der Waals surface area contributed by atoms with E-state index in [1.54, 1.807) is 91.0 Å². The van der Waals surface area contributed by atoms with E-state index in [2.05, 4.69) is 54.5 Å². The molecule has 0 bridgehead atoms. The van der Waals surface area contributed by atoms with Crippen LogP contribution >= 0.6 is 0 Å². The lowest BCUT2D eigenvalue weighted by Gasteiger charge is -2.71. The molecule has 9 aliphatic rings. The summed E-state index contributed by atoms with van der Waals surface area (Å²) >= 11 is 0. The molecule has 143 heavy (non-hydrogen) atoms. The van der Waals surface area contributed by atoms with Crippen molar-refractivity contribution in [2.75, 3.05) is 19.8 Å². The number of aliphatic hydroxyl groups excluding tert-OH is 2. The molecule has 4 saturated carbocycles. The zero-order valence-electron chi connectivity index (χ0n) is 81.7. The van der Waals surface area contributed by atoms with Crippen molar-refractivity contribution in [3.05, 3.63) is 299 Å². The number of ether oxygens (including phenoxy) is 18. The smallest absolute Gasteiger partial charge is 0.338 e. The van der Waals surface area contributed by atoms with Gasteiger partial charge in [0, 0.05) is 13.8 Å². The highest BCUT2D eigenvalue weighted by Gasteiger charge is 2.71. The molecule has 2 N–H and O–H groups in total. The zero-order chi connectivity index (χ0) is 101. The van der Waals surface area contributed by atoms with Gasteiger partial charge in [-0.05, 0) is 206 Å². The first-order valence-electron chi connectivity index (χ1n) is 49.2. The van der Waals surface area contributed by atoms with Crippen LogP contribution in [0.1, 0.15) is 212 Å². The number of benzene rings is 8. The fraction of sp³-hybridized carbons (Fsp3) is 0.469. The average Bonchev–Trinajstić information content (AvgIpc) is 0.672. The van der Waals surface area contributed by atoms with Gasteiger partial charge in [-0.25, -0.2) is 33.6 Å². The minimum Gasteiger partial charge on any atom is -0.460 e. The van der Waals surface area contributed by atoms with Gasteiger partial charge >= 0.3 is 59.7 Å². The van der Waals surface area contributed by atoms with Crippen LogP contribution in [0.4, 0.5) is 0 Å². The topological polar surface area (TPSA) is 377 Å². The normalized spacial score (nSPS) is 33.0. The van der Waals surface area contributed by atoms with Crippen molar-refractivity contribution < 1.29 is 143 Å². The van der Waals surface area contributed by atoms with E-state index >= 15 is 19.2 Å². The summed E-state index contributed by atoms with van der Waals surface area (Å²) in [5.74, 6) is -9.29. The van der Waals surface area contributed by atoms with E-state index in [0.717, 1.165) is 77.2 Å². The van der Waals surface area contributed by atoms with Crippen LogP contribution in [-0.2, 0) is 106 Å². The van der Waals surface area contributed by atoms with Gasteiger partial charge in [-0.1, -0.05) is 218 Å². The molecule has 0 spiro atoms. The van der Waals surface area contributed by atoms with Crippen molar-refractivity contribution in [3.63, 3.8) is 0 Å². The Labute approximate surface area is 830 Å². The third-order valence-corrected chi connectivity index (χ3v) is 31.4. The molecule has 30 heteroatoms. The number of rotatable bonds is 29. The first-order chi connectivity index (χ1) is 68.6. The Hall–Kier alpha value is -12.2. The third kappa shape index (κ3) is 21.7. The summed E-state index contributed by atoms with van der Waals surface area (Å²) in [7, 11) is 0. The maximum atomic E-state index is 15.7. The SMILES string of the molecule is CC(=O)O[C@@H]1[C@@H](O[C@@H]2O[C@H](COC(=O)c3ccccc3)[C@@H](O[C@@H]3O[C@H](COC(=O)c4ccccc4)[C@@H](OC(=O)c4ccccc4)[C@H](OC(=O)c4ccccc4)[C@H]3OC(=O)c3ccccc3)[C@H](OC(=O)c3ccccc3)[C@H]2OC(=O)c2ccccc2)[C@@H](OC(C)=O)[C@H](O[C@H]2[C@H](O[C@H]3CC[C@]4(C)[C@H]5CC=C6[C@@H]7CC(C)(C)CC[C@]7(C(=O)OCc7ccccc7)CC[C@@]6(C)[C@]5(C)CC[C@H]4C3(C)C)OC[C@H](O)[C@@H]2O)O[C@H]1C. The van der Waals surface area contributed by atoms with Crippen LogP contribution in [0.2, 0.25) is 0 Å². The molecular weight excluding hydrogens is 1840 g/mol. The van der Waals surface area contributed by atoms with E-state index in [1.165, 1.54) is 134 Å². The lowest BCUT2D eigenvalue weighted by atomic mass is 9.33. The van der Waals surface area contributed by atoms with E-state index in [4.69, 9.17) is 85.3 Å².